The molecule has 2 aliphatic heterocycles. The van der Waals surface area contributed by atoms with Gasteiger partial charge in [-0.3, -0.25) is 14.4 Å². The Labute approximate surface area is 232 Å². The Morgan fingerprint density at radius 1 is 0.800 bits per heavy atom. The molecule has 13 heteroatoms. The summed E-state index contributed by atoms with van der Waals surface area (Å²) in [4.78, 5) is 48.8. The molecule has 3 rings (SSSR count). The van der Waals surface area contributed by atoms with Crippen molar-refractivity contribution in [2.75, 3.05) is 0 Å². The van der Waals surface area contributed by atoms with Crippen LogP contribution in [0.25, 0.3) is 0 Å². The number of carbonyl (C=O) groups is 4. The summed E-state index contributed by atoms with van der Waals surface area (Å²) in [5.74, 6) is -2.02. The second kappa shape index (κ2) is 14.4. The number of alkyl carbamates (subject to hydrolysis) is 1. The SMILES string of the molecule is CC[C@@H]1O[C@H](O[C@@H]2[C@@H](CC)OC(O)[C@@H]2OC(C)=O)[C@H](NC(=O)OCc2ccccc2)[C@@H](OC(C)=O)[C@@H]1OC(C)=O. The monoisotopic (exact) mass is 567 g/mol. The van der Waals surface area contributed by atoms with Crippen molar-refractivity contribution in [2.24, 2.45) is 0 Å². The van der Waals surface area contributed by atoms with Crippen molar-refractivity contribution in [1.82, 2.24) is 5.32 Å². The average molecular weight is 568 g/mol. The average Bonchev–Trinajstić information content (AvgIpc) is 3.19. The number of hydrogen-bond donors (Lipinski definition) is 2. The highest BCUT2D eigenvalue weighted by Gasteiger charge is 2.54. The molecule has 2 fully saturated rings. The van der Waals surface area contributed by atoms with Crippen LogP contribution in [0.5, 0.6) is 0 Å². The van der Waals surface area contributed by atoms with Crippen LogP contribution in [-0.2, 0) is 54.1 Å². The summed E-state index contributed by atoms with van der Waals surface area (Å²) in [6, 6.07) is 7.72. The smallest absolute Gasteiger partial charge is 0.407 e. The van der Waals surface area contributed by atoms with Crippen LogP contribution in [0.1, 0.15) is 53.0 Å². The molecule has 2 N–H and O–H groups in total. The first-order valence-corrected chi connectivity index (χ1v) is 13.2. The Morgan fingerprint density at radius 3 is 1.93 bits per heavy atom. The molecular formula is C27H37NO12. The van der Waals surface area contributed by atoms with E-state index in [9.17, 15) is 24.3 Å². The van der Waals surface area contributed by atoms with Crippen molar-refractivity contribution in [3.8, 4) is 0 Å². The molecular weight excluding hydrogens is 530 g/mol. The predicted molar refractivity (Wildman–Crippen MR) is 135 cm³/mol. The maximum atomic E-state index is 12.9. The van der Waals surface area contributed by atoms with Gasteiger partial charge in [0, 0.05) is 20.8 Å². The Balaban J connectivity index is 1.93. The van der Waals surface area contributed by atoms with Crippen LogP contribution >= 0.6 is 0 Å². The van der Waals surface area contributed by atoms with Crippen LogP contribution in [-0.4, -0.2) is 84.4 Å². The number of benzene rings is 1. The molecule has 1 amide bonds. The quantitative estimate of drug-likeness (QED) is 0.311. The highest BCUT2D eigenvalue weighted by Crippen LogP contribution is 2.34. The van der Waals surface area contributed by atoms with Crippen LogP contribution in [0.3, 0.4) is 0 Å². The third kappa shape index (κ3) is 8.13. The van der Waals surface area contributed by atoms with Gasteiger partial charge in [-0.15, -0.1) is 0 Å². The van der Waals surface area contributed by atoms with E-state index in [4.69, 9.17) is 33.2 Å². The topological polar surface area (TPSA) is 165 Å². The second-order valence-electron chi connectivity index (χ2n) is 9.48. The van der Waals surface area contributed by atoms with Crippen molar-refractivity contribution in [3.63, 3.8) is 0 Å². The van der Waals surface area contributed by atoms with Gasteiger partial charge in [0.2, 0.25) is 0 Å². The van der Waals surface area contributed by atoms with Gasteiger partial charge in [-0.1, -0.05) is 44.2 Å². The minimum Gasteiger partial charge on any atom is -0.456 e. The minimum absolute atomic E-state index is 0.0515. The number of ether oxygens (including phenoxy) is 7. The van der Waals surface area contributed by atoms with Crippen molar-refractivity contribution in [1.29, 1.82) is 0 Å². The Kier molecular flexibility index (Phi) is 11.3. The number of hydrogen-bond acceptors (Lipinski definition) is 12. The molecule has 9 atom stereocenters. The summed E-state index contributed by atoms with van der Waals surface area (Å²) in [5, 5.41) is 13.0. The van der Waals surface area contributed by atoms with Gasteiger partial charge in [-0.25, -0.2) is 4.79 Å². The van der Waals surface area contributed by atoms with E-state index in [0.29, 0.717) is 12.8 Å². The van der Waals surface area contributed by atoms with E-state index >= 15 is 0 Å². The highest BCUT2D eigenvalue weighted by molar-refractivity contribution is 5.69. The molecule has 0 spiro atoms. The van der Waals surface area contributed by atoms with Gasteiger partial charge in [-0.2, -0.15) is 0 Å². The van der Waals surface area contributed by atoms with Crippen molar-refractivity contribution < 1.29 is 57.4 Å². The Hall–Kier alpha value is -3.26. The first-order valence-electron chi connectivity index (χ1n) is 13.2. The van der Waals surface area contributed by atoms with Gasteiger partial charge in [-0.05, 0) is 18.4 Å². The lowest BCUT2D eigenvalue weighted by atomic mass is 9.94. The van der Waals surface area contributed by atoms with Crippen LogP contribution in [0, 0.1) is 0 Å². The van der Waals surface area contributed by atoms with Gasteiger partial charge in [0.05, 0.1) is 6.10 Å². The number of aliphatic hydroxyl groups excluding tert-OH is 1. The Morgan fingerprint density at radius 2 is 1.35 bits per heavy atom. The number of carbonyl (C=O) groups excluding carboxylic acids is 4. The maximum Gasteiger partial charge on any atom is 0.407 e. The van der Waals surface area contributed by atoms with Crippen LogP contribution in [0.4, 0.5) is 4.79 Å². The number of esters is 3. The lowest BCUT2D eigenvalue weighted by Gasteiger charge is -2.46. The highest BCUT2D eigenvalue weighted by atomic mass is 16.7. The van der Waals surface area contributed by atoms with Gasteiger partial charge in [0.25, 0.3) is 0 Å². The number of rotatable bonds is 10. The molecule has 13 nitrogen and oxygen atoms in total. The first kappa shape index (κ1) is 31.3. The van der Waals surface area contributed by atoms with E-state index in [2.05, 4.69) is 5.32 Å². The summed E-state index contributed by atoms with van der Waals surface area (Å²) >= 11 is 0. The Bertz CT molecular complexity index is 1020. The summed E-state index contributed by atoms with van der Waals surface area (Å²) < 4.78 is 39.6. The van der Waals surface area contributed by atoms with Crippen LogP contribution in [0.15, 0.2) is 30.3 Å². The van der Waals surface area contributed by atoms with Gasteiger partial charge < -0.3 is 43.6 Å². The lowest BCUT2D eigenvalue weighted by Crippen LogP contribution is -2.66. The molecule has 2 saturated heterocycles. The fourth-order valence-corrected chi connectivity index (χ4v) is 4.74. The predicted octanol–water partition coefficient (Wildman–Crippen LogP) is 1.72. The van der Waals surface area contributed by atoms with Crippen LogP contribution < -0.4 is 5.32 Å². The second-order valence-corrected chi connectivity index (χ2v) is 9.48. The summed E-state index contributed by atoms with van der Waals surface area (Å²) in [6.07, 6.45) is -9.04. The molecule has 2 aliphatic rings. The summed E-state index contributed by atoms with van der Waals surface area (Å²) in [6.45, 7) is 7.06. The molecule has 1 aromatic carbocycles. The van der Waals surface area contributed by atoms with E-state index in [-0.39, 0.29) is 6.61 Å². The zero-order valence-electron chi connectivity index (χ0n) is 23.1. The largest absolute Gasteiger partial charge is 0.456 e. The van der Waals surface area contributed by atoms with Crippen molar-refractivity contribution >= 4 is 24.0 Å². The van der Waals surface area contributed by atoms with Gasteiger partial charge in [0.1, 0.15) is 24.9 Å². The molecule has 0 aliphatic carbocycles. The standard InChI is InChI=1S/C27H37NO12/c1-6-18-22(24(25(32)38-18)37-16(5)31)40-26-20(28-27(33)34-13-17-11-9-8-10-12-17)23(36-15(4)30)21(35-14(3)29)19(7-2)39-26/h8-12,18-26,32H,6-7,13H2,1-5H3,(H,28,33)/t18-,19+,20-,21-,22-,23-,24-,25?,26-/m1/s1. The molecule has 0 bridgehead atoms. The van der Waals surface area contributed by atoms with Crippen LogP contribution in [0.2, 0.25) is 0 Å². The zero-order chi connectivity index (χ0) is 29.4. The van der Waals surface area contributed by atoms with E-state index in [1.165, 1.54) is 20.8 Å². The normalized spacial score (nSPS) is 31.6. The molecule has 1 unspecified atom stereocenters. The molecule has 0 saturated carbocycles. The fourth-order valence-electron chi connectivity index (χ4n) is 4.74. The number of nitrogens with one attached hydrogen (secondary N) is 1. The number of aliphatic hydroxyl groups is 1. The number of amides is 1. The van der Waals surface area contributed by atoms with E-state index in [1.807, 2.05) is 6.07 Å². The van der Waals surface area contributed by atoms with Crippen molar-refractivity contribution in [2.45, 2.75) is 109 Å². The molecule has 1 aromatic rings. The first-order chi connectivity index (χ1) is 19.0. The summed E-state index contributed by atoms with van der Waals surface area (Å²) in [5.41, 5.74) is 0.734. The third-order valence-electron chi connectivity index (χ3n) is 6.43. The van der Waals surface area contributed by atoms with Crippen molar-refractivity contribution in [3.05, 3.63) is 35.9 Å². The van der Waals surface area contributed by atoms with Gasteiger partial charge in [0.15, 0.2) is 30.9 Å². The zero-order valence-corrected chi connectivity index (χ0v) is 23.1. The summed E-state index contributed by atoms with van der Waals surface area (Å²) in [7, 11) is 0. The van der Waals surface area contributed by atoms with E-state index in [0.717, 1.165) is 5.56 Å². The van der Waals surface area contributed by atoms with E-state index < -0.39 is 79.2 Å². The molecule has 2 heterocycles. The minimum atomic E-state index is -1.47. The molecule has 40 heavy (non-hydrogen) atoms. The molecule has 222 valence electrons. The molecule has 0 radical (unpaired) electrons. The third-order valence-corrected chi connectivity index (χ3v) is 6.43. The fraction of sp³-hybridized carbons (Fsp3) is 0.630. The molecule has 0 aromatic heterocycles. The maximum absolute atomic E-state index is 12.9. The van der Waals surface area contributed by atoms with Gasteiger partial charge >= 0.3 is 24.0 Å². The lowest BCUT2D eigenvalue weighted by molar-refractivity contribution is -0.290. The van der Waals surface area contributed by atoms with E-state index in [1.54, 1.807) is 38.1 Å².